The van der Waals surface area contributed by atoms with Gasteiger partial charge in [0.1, 0.15) is 0 Å². The van der Waals surface area contributed by atoms with Crippen molar-refractivity contribution < 1.29 is 14.3 Å². The summed E-state index contributed by atoms with van der Waals surface area (Å²) in [4.78, 5) is 23.7. The second kappa shape index (κ2) is 7.21. The molecule has 0 bridgehead atoms. The van der Waals surface area contributed by atoms with E-state index in [4.69, 9.17) is 4.74 Å². The lowest BCUT2D eigenvalue weighted by molar-refractivity contribution is -0.114. The third kappa shape index (κ3) is 4.16. The molecule has 0 atom stereocenters. The Morgan fingerprint density at radius 3 is 2.43 bits per heavy atom. The number of ether oxygens (including phenoxy) is 1. The second-order valence-electron chi connectivity index (χ2n) is 4.61. The fourth-order valence-electron chi connectivity index (χ4n) is 1.87. The van der Waals surface area contributed by atoms with Crippen LogP contribution in [0, 0.1) is 0 Å². The number of amides is 2. The zero-order valence-electron chi connectivity index (χ0n) is 13.0. The number of carbonyl (C=O) groups excluding carboxylic acids is 2. The van der Waals surface area contributed by atoms with Crippen molar-refractivity contribution in [3.05, 3.63) is 35.9 Å². The molecule has 3 N–H and O–H groups in total. The molecule has 0 aliphatic rings. The fraction of sp³-hybridized carbons (Fsp3) is 0.200. The van der Waals surface area contributed by atoms with Crippen LogP contribution in [0.25, 0.3) is 0 Å². The molecule has 8 nitrogen and oxygen atoms in total. The molecular weight excluding hydrogens is 298 g/mol. The summed E-state index contributed by atoms with van der Waals surface area (Å²) < 4.78 is 4.91. The minimum Gasteiger partial charge on any atom is -0.480 e. The molecule has 0 spiro atoms. The topological polar surface area (TPSA) is 105 Å². The number of nitrogens with one attached hydrogen (secondary N) is 3. The van der Waals surface area contributed by atoms with Gasteiger partial charge in [-0.05, 0) is 24.3 Å². The first-order chi connectivity index (χ1) is 11.0. The lowest BCUT2D eigenvalue weighted by Crippen LogP contribution is -2.17. The third-order valence-corrected chi connectivity index (χ3v) is 2.95. The summed E-state index contributed by atoms with van der Waals surface area (Å²) in [5.74, 6) is -0.0463. The summed E-state index contributed by atoms with van der Waals surface area (Å²) in [6.45, 7) is 1.38. The smallest absolute Gasteiger partial charge is 0.258 e. The van der Waals surface area contributed by atoms with Crippen LogP contribution in [0.5, 0.6) is 5.88 Å². The number of anilines is 3. The largest absolute Gasteiger partial charge is 0.480 e. The van der Waals surface area contributed by atoms with E-state index in [1.165, 1.54) is 14.0 Å². The Labute approximate surface area is 133 Å². The van der Waals surface area contributed by atoms with Crippen molar-refractivity contribution >= 4 is 29.0 Å². The van der Waals surface area contributed by atoms with E-state index >= 15 is 0 Å². The van der Waals surface area contributed by atoms with Crippen LogP contribution < -0.4 is 20.7 Å². The molecule has 120 valence electrons. The highest BCUT2D eigenvalue weighted by atomic mass is 16.5. The maximum absolute atomic E-state index is 12.4. The van der Waals surface area contributed by atoms with Crippen molar-refractivity contribution in [1.82, 2.24) is 10.2 Å². The van der Waals surface area contributed by atoms with Gasteiger partial charge >= 0.3 is 0 Å². The molecule has 0 saturated carbocycles. The maximum atomic E-state index is 12.4. The van der Waals surface area contributed by atoms with Crippen molar-refractivity contribution in [3.63, 3.8) is 0 Å². The number of benzene rings is 1. The molecule has 0 fully saturated rings. The van der Waals surface area contributed by atoms with Gasteiger partial charge < -0.3 is 20.7 Å². The van der Waals surface area contributed by atoms with Crippen LogP contribution in [0.3, 0.4) is 0 Å². The Morgan fingerprint density at radius 1 is 1.09 bits per heavy atom. The van der Waals surface area contributed by atoms with Crippen LogP contribution in [0.2, 0.25) is 0 Å². The first kappa shape index (κ1) is 16.2. The monoisotopic (exact) mass is 315 g/mol. The van der Waals surface area contributed by atoms with E-state index in [0.29, 0.717) is 17.1 Å². The highest BCUT2D eigenvalue weighted by molar-refractivity contribution is 6.10. The summed E-state index contributed by atoms with van der Waals surface area (Å²) in [5.41, 5.74) is 1.50. The summed E-state index contributed by atoms with van der Waals surface area (Å²) in [7, 11) is 3.23. The van der Waals surface area contributed by atoms with E-state index in [2.05, 4.69) is 26.1 Å². The number of carbonyl (C=O) groups is 2. The lowest BCUT2D eigenvalue weighted by atomic mass is 10.1. The molecule has 2 rings (SSSR count). The molecular formula is C15H17N5O3. The normalized spacial score (nSPS) is 9.87. The van der Waals surface area contributed by atoms with Gasteiger partial charge in [0.2, 0.25) is 11.8 Å². The number of aromatic nitrogens is 2. The molecule has 2 amide bonds. The first-order valence-electron chi connectivity index (χ1n) is 6.82. The van der Waals surface area contributed by atoms with Gasteiger partial charge in [-0.25, -0.2) is 0 Å². The average Bonchev–Trinajstić information content (AvgIpc) is 2.54. The number of nitrogens with zero attached hydrogens (tertiary/aromatic N) is 2. The van der Waals surface area contributed by atoms with Gasteiger partial charge in [-0.2, -0.15) is 0 Å². The Morgan fingerprint density at radius 2 is 1.87 bits per heavy atom. The zero-order chi connectivity index (χ0) is 16.8. The van der Waals surface area contributed by atoms with Gasteiger partial charge in [-0.15, -0.1) is 10.2 Å². The predicted molar refractivity (Wildman–Crippen MR) is 86.8 cm³/mol. The highest BCUT2D eigenvalue weighted by Crippen LogP contribution is 2.22. The van der Waals surface area contributed by atoms with Crippen LogP contribution in [0.4, 0.5) is 17.2 Å². The summed E-state index contributed by atoms with van der Waals surface area (Å²) in [6, 6.07) is 8.19. The SMILES string of the molecule is CNc1ccc(C(=O)Nc2ccc(OC)nn2)c(NC(C)=O)c1. The van der Waals surface area contributed by atoms with Gasteiger partial charge in [0.25, 0.3) is 5.91 Å². The van der Waals surface area contributed by atoms with Crippen molar-refractivity contribution in [2.24, 2.45) is 0 Å². The van der Waals surface area contributed by atoms with E-state index in [9.17, 15) is 9.59 Å². The quantitative estimate of drug-likeness (QED) is 0.776. The summed E-state index contributed by atoms with van der Waals surface area (Å²) in [5, 5.41) is 15.8. The van der Waals surface area contributed by atoms with Crippen molar-refractivity contribution in [3.8, 4) is 5.88 Å². The van der Waals surface area contributed by atoms with Crippen LogP contribution in [0.15, 0.2) is 30.3 Å². The van der Waals surface area contributed by atoms with Crippen molar-refractivity contribution in [2.75, 3.05) is 30.1 Å². The Hall–Kier alpha value is -3.16. The van der Waals surface area contributed by atoms with E-state index in [1.807, 2.05) is 0 Å². The molecule has 1 heterocycles. The second-order valence-corrected chi connectivity index (χ2v) is 4.61. The molecule has 8 heteroatoms. The van der Waals surface area contributed by atoms with Gasteiger partial charge in [0.05, 0.1) is 18.4 Å². The minimum absolute atomic E-state index is 0.267. The Bertz CT molecular complexity index is 716. The number of hydrogen-bond acceptors (Lipinski definition) is 6. The Balaban J connectivity index is 2.24. The Kier molecular flexibility index (Phi) is 5.08. The predicted octanol–water partition coefficient (Wildman–Crippen LogP) is 1.74. The van der Waals surface area contributed by atoms with Gasteiger partial charge in [-0.1, -0.05) is 0 Å². The summed E-state index contributed by atoms with van der Waals surface area (Å²) >= 11 is 0. The number of hydrogen-bond donors (Lipinski definition) is 3. The van der Waals surface area contributed by atoms with E-state index < -0.39 is 5.91 Å². The van der Waals surface area contributed by atoms with Crippen LogP contribution >= 0.6 is 0 Å². The summed E-state index contributed by atoms with van der Waals surface area (Å²) in [6.07, 6.45) is 0. The molecule has 0 saturated heterocycles. The van der Waals surface area contributed by atoms with Crippen LogP contribution in [-0.4, -0.2) is 36.2 Å². The van der Waals surface area contributed by atoms with Gasteiger partial charge in [0, 0.05) is 25.7 Å². The average molecular weight is 315 g/mol. The molecule has 0 unspecified atom stereocenters. The highest BCUT2D eigenvalue weighted by Gasteiger charge is 2.14. The number of rotatable bonds is 5. The minimum atomic E-state index is -0.407. The third-order valence-electron chi connectivity index (χ3n) is 2.95. The van der Waals surface area contributed by atoms with Crippen molar-refractivity contribution in [2.45, 2.75) is 6.92 Å². The first-order valence-corrected chi connectivity index (χ1v) is 6.82. The van der Waals surface area contributed by atoms with E-state index in [-0.39, 0.29) is 11.7 Å². The van der Waals surface area contributed by atoms with E-state index in [1.54, 1.807) is 37.4 Å². The standard InChI is InChI=1S/C15H17N5O3/c1-9(21)17-12-8-10(16-2)4-5-11(12)15(22)18-13-6-7-14(23-3)20-19-13/h4-8,16H,1-3H3,(H,17,21)(H,18,19,22). The molecule has 0 aliphatic carbocycles. The van der Waals surface area contributed by atoms with Gasteiger partial charge in [-0.3, -0.25) is 9.59 Å². The van der Waals surface area contributed by atoms with Crippen LogP contribution in [0.1, 0.15) is 17.3 Å². The number of methoxy groups -OCH3 is 1. The van der Waals surface area contributed by atoms with E-state index in [0.717, 1.165) is 5.69 Å². The fourth-order valence-corrected chi connectivity index (χ4v) is 1.87. The molecule has 1 aromatic heterocycles. The zero-order valence-corrected chi connectivity index (χ0v) is 13.0. The lowest BCUT2D eigenvalue weighted by Gasteiger charge is -2.12. The molecule has 23 heavy (non-hydrogen) atoms. The maximum Gasteiger partial charge on any atom is 0.258 e. The molecule has 1 aromatic carbocycles. The molecule has 0 aliphatic heterocycles. The van der Waals surface area contributed by atoms with Crippen molar-refractivity contribution in [1.29, 1.82) is 0 Å². The molecule has 0 radical (unpaired) electrons. The van der Waals surface area contributed by atoms with Crippen LogP contribution in [-0.2, 0) is 4.79 Å². The van der Waals surface area contributed by atoms with Gasteiger partial charge in [0.15, 0.2) is 5.82 Å². The molecule has 2 aromatic rings.